The van der Waals surface area contributed by atoms with Crippen molar-refractivity contribution in [1.82, 2.24) is 5.32 Å². The van der Waals surface area contributed by atoms with Gasteiger partial charge in [-0.15, -0.1) is 0 Å². The van der Waals surface area contributed by atoms with E-state index in [0.29, 0.717) is 19.8 Å². The summed E-state index contributed by atoms with van der Waals surface area (Å²) in [6.45, 7) is 5.71. The van der Waals surface area contributed by atoms with Gasteiger partial charge in [0.2, 0.25) is 0 Å². The summed E-state index contributed by atoms with van der Waals surface area (Å²) >= 11 is 0. The predicted octanol–water partition coefficient (Wildman–Crippen LogP) is 3.43. The molecule has 0 bridgehead atoms. The van der Waals surface area contributed by atoms with Gasteiger partial charge in [0.15, 0.2) is 0 Å². The molecule has 0 saturated heterocycles. The van der Waals surface area contributed by atoms with Crippen LogP contribution in [0.3, 0.4) is 0 Å². The number of hydrogen-bond acceptors (Lipinski definition) is 3. The highest BCUT2D eigenvalue weighted by Crippen LogP contribution is 2.12. The molecule has 2 atom stereocenters. The highest BCUT2D eigenvalue weighted by atomic mass is 19.1. The van der Waals surface area contributed by atoms with Crippen molar-refractivity contribution in [3.05, 3.63) is 35.6 Å². The number of nitrogens with one attached hydrogen (secondary N) is 1. The largest absolute Gasteiger partial charge is 0.389 e. The summed E-state index contributed by atoms with van der Waals surface area (Å²) in [5.41, 5.74) is 1.00. The lowest BCUT2D eigenvalue weighted by molar-refractivity contribution is 0.0343. The van der Waals surface area contributed by atoms with Crippen LogP contribution in [0.15, 0.2) is 24.3 Å². The summed E-state index contributed by atoms with van der Waals surface area (Å²) in [7, 11) is 0. The van der Waals surface area contributed by atoms with Gasteiger partial charge < -0.3 is 15.2 Å². The van der Waals surface area contributed by atoms with E-state index >= 15 is 0 Å². The molecule has 0 aliphatic heterocycles. The maximum Gasteiger partial charge on any atom is 0.123 e. The Morgan fingerprint density at radius 2 is 1.90 bits per heavy atom. The van der Waals surface area contributed by atoms with Gasteiger partial charge in [-0.1, -0.05) is 38.3 Å². The second-order valence-electron chi connectivity index (χ2n) is 5.47. The van der Waals surface area contributed by atoms with Crippen LogP contribution in [0.1, 0.15) is 51.1 Å². The SMILES string of the molecule is CCCCCCOCC(O)CNC(C)c1ccc(F)cc1. The lowest BCUT2D eigenvalue weighted by Gasteiger charge is -2.17. The lowest BCUT2D eigenvalue weighted by atomic mass is 10.1. The minimum Gasteiger partial charge on any atom is -0.389 e. The minimum absolute atomic E-state index is 0.0739. The Morgan fingerprint density at radius 1 is 1.19 bits per heavy atom. The van der Waals surface area contributed by atoms with Crippen molar-refractivity contribution in [2.24, 2.45) is 0 Å². The average Bonchev–Trinajstić information content (AvgIpc) is 2.49. The van der Waals surface area contributed by atoms with Crippen LogP contribution in [-0.4, -0.2) is 31.0 Å². The molecular weight excluding hydrogens is 269 g/mol. The third-order valence-electron chi connectivity index (χ3n) is 3.48. The maximum atomic E-state index is 12.8. The van der Waals surface area contributed by atoms with Gasteiger partial charge in [-0.2, -0.15) is 0 Å². The Balaban J connectivity index is 2.11. The van der Waals surface area contributed by atoms with Crippen molar-refractivity contribution in [3.63, 3.8) is 0 Å². The normalized spacial score (nSPS) is 14.1. The van der Waals surface area contributed by atoms with E-state index in [0.717, 1.165) is 12.0 Å². The van der Waals surface area contributed by atoms with Gasteiger partial charge in [0, 0.05) is 19.2 Å². The van der Waals surface area contributed by atoms with Gasteiger partial charge in [0.1, 0.15) is 5.82 Å². The van der Waals surface area contributed by atoms with Gasteiger partial charge in [-0.25, -0.2) is 4.39 Å². The molecule has 0 radical (unpaired) electrons. The molecule has 1 aromatic rings. The fourth-order valence-corrected chi connectivity index (χ4v) is 2.09. The van der Waals surface area contributed by atoms with Crippen LogP contribution in [0, 0.1) is 5.82 Å². The highest BCUT2D eigenvalue weighted by molar-refractivity contribution is 5.19. The van der Waals surface area contributed by atoms with E-state index in [1.807, 2.05) is 6.92 Å². The third-order valence-corrected chi connectivity index (χ3v) is 3.48. The zero-order valence-electron chi connectivity index (χ0n) is 13.1. The minimum atomic E-state index is -0.515. The molecule has 0 heterocycles. The first-order valence-electron chi connectivity index (χ1n) is 7.88. The summed E-state index contributed by atoms with van der Waals surface area (Å²) in [4.78, 5) is 0. The topological polar surface area (TPSA) is 41.5 Å². The molecule has 0 amide bonds. The summed E-state index contributed by atoms with van der Waals surface area (Å²) in [5.74, 6) is -0.234. The van der Waals surface area contributed by atoms with Crippen molar-refractivity contribution in [2.75, 3.05) is 19.8 Å². The highest BCUT2D eigenvalue weighted by Gasteiger charge is 2.09. The van der Waals surface area contributed by atoms with Crippen LogP contribution in [0.4, 0.5) is 4.39 Å². The molecule has 0 fully saturated rings. The molecule has 2 N–H and O–H groups in total. The third kappa shape index (κ3) is 8.15. The smallest absolute Gasteiger partial charge is 0.123 e. The molecule has 4 heteroatoms. The van der Waals surface area contributed by atoms with E-state index in [-0.39, 0.29) is 11.9 Å². The van der Waals surface area contributed by atoms with Crippen molar-refractivity contribution in [3.8, 4) is 0 Å². The molecule has 0 aliphatic carbocycles. The van der Waals surface area contributed by atoms with Crippen LogP contribution < -0.4 is 5.32 Å². The van der Waals surface area contributed by atoms with Crippen molar-refractivity contribution >= 4 is 0 Å². The van der Waals surface area contributed by atoms with Crippen LogP contribution >= 0.6 is 0 Å². The Hall–Kier alpha value is -0.970. The van der Waals surface area contributed by atoms with Crippen LogP contribution in [0.2, 0.25) is 0 Å². The van der Waals surface area contributed by atoms with E-state index < -0.39 is 6.10 Å². The van der Waals surface area contributed by atoms with Gasteiger partial charge in [0.05, 0.1) is 12.7 Å². The predicted molar refractivity (Wildman–Crippen MR) is 83.8 cm³/mol. The summed E-state index contributed by atoms with van der Waals surface area (Å²) in [5, 5.41) is 13.1. The van der Waals surface area contributed by atoms with E-state index in [2.05, 4.69) is 12.2 Å². The number of aliphatic hydroxyl groups is 1. The van der Waals surface area contributed by atoms with Crippen LogP contribution in [0.5, 0.6) is 0 Å². The number of benzene rings is 1. The van der Waals surface area contributed by atoms with Crippen molar-refractivity contribution in [2.45, 2.75) is 51.7 Å². The number of aliphatic hydroxyl groups excluding tert-OH is 1. The quantitative estimate of drug-likeness (QED) is 0.615. The van der Waals surface area contributed by atoms with Crippen LogP contribution in [-0.2, 0) is 4.74 Å². The molecule has 2 unspecified atom stereocenters. The number of rotatable bonds is 11. The van der Waals surface area contributed by atoms with E-state index in [1.54, 1.807) is 12.1 Å². The Labute approximate surface area is 127 Å². The van der Waals surface area contributed by atoms with E-state index in [9.17, 15) is 9.50 Å². The molecule has 21 heavy (non-hydrogen) atoms. The zero-order valence-corrected chi connectivity index (χ0v) is 13.1. The number of ether oxygens (including phenoxy) is 1. The number of halogens is 1. The molecule has 120 valence electrons. The average molecular weight is 297 g/mol. The zero-order chi connectivity index (χ0) is 15.5. The summed E-state index contributed by atoms with van der Waals surface area (Å²) in [6.07, 6.45) is 4.18. The second kappa shape index (κ2) is 10.7. The number of unbranched alkanes of at least 4 members (excludes halogenated alkanes) is 3. The first-order valence-corrected chi connectivity index (χ1v) is 7.88. The Bertz CT molecular complexity index is 370. The van der Waals surface area contributed by atoms with Crippen molar-refractivity contribution < 1.29 is 14.2 Å². The van der Waals surface area contributed by atoms with Gasteiger partial charge >= 0.3 is 0 Å². The Morgan fingerprint density at radius 3 is 2.57 bits per heavy atom. The fraction of sp³-hybridized carbons (Fsp3) is 0.647. The Kier molecular flexibility index (Phi) is 9.22. The first kappa shape index (κ1) is 18.1. The van der Waals surface area contributed by atoms with E-state index in [4.69, 9.17) is 4.74 Å². The molecule has 0 aliphatic rings. The molecular formula is C17H28FNO2. The molecule has 0 aromatic heterocycles. The monoisotopic (exact) mass is 297 g/mol. The summed E-state index contributed by atoms with van der Waals surface area (Å²) in [6, 6.07) is 6.48. The first-order chi connectivity index (χ1) is 10.1. The van der Waals surface area contributed by atoms with Gasteiger partial charge in [-0.05, 0) is 31.0 Å². The standard InChI is InChI=1S/C17H28FNO2/c1-3-4-5-6-11-21-13-17(20)12-19-14(2)15-7-9-16(18)10-8-15/h7-10,14,17,19-20H,3-6,11-13H2,1-2H3. The number of hydrogen-bond donors (Lipinski definition) is 2. The second-order valence-corrected chi connectivity index (χ2v) is 5.47. The van der Waals surface area contributed by atoms with Gasteiger partial charge in [-0.3, -0.25) is 0 Å². The van der Waals surface area contributed by atoms with Gasteiger partial charge in [0.25, 0.3) is 0 Å². The lowest BCUT2D eigenvalue weighted by Crippen LogP contribution is -2.32. The summed E-state index contributed by atoms with van der Waals surface area (Å²) < 4.78 is 18.3. The fourth-order valence-electron chi connectivity index (χ4n) is 2.09. The molecule has 1 rings (SSSR count). The van der Waals surface area contributed by atoms with Crippen LogP contribution in [0.25, 0.3) is 0 Å². The van der Waals surface area contributed by atoms with E-state index in [1.165, 1.54) is 31.4 Å². The maximum absolute atomic E-state index is 12.8. The molecule has 0 saturated carbocycles. The molecule has 3 nitrogen and oxygen atoms in total. The molecule has 0 spiro atoms. The van der Waals surface area contributed by atoms with Crippen molar-refractivity contribution in [1.29, 1.82) is 0 Å². The molecule has 1 aromatic carbocycles.